The molecule has 0 aromatic heterocycles. The molecule has 6 amide bonds. The molecular weight excluding hydrogens is 504 g/mol. The van der Waals surface area contributed by atoms with Crippen LogP contribution in [0.3, 0.4) is 0 Å². The normalized spacial score (nSPS) is 27.4. The number of urea groups is 2. The van der Waals surface area contributed by atoms with Crippen molar-refractivity contribution in [1.82, 2.24) is 40.8 Å². The summed E-state index contributed by atoms with van der Waals surface area (Å²) in [5, 5.41) is 13.8. The van der Waals surface area contributed by atoms with E-state index in [0.717, 1.165) is 5.06 Å². The van der Waals surface area contributed by atoms with E-state index in [1.807, 2.05) is 0 Å². The van der Waals surface area contributed by atoms with E-state index in [9.17, 15) is 32.8 Å². The summed E-state index contributed by atoms with van der Waals surface area (Å²) in [5.74, 6) is -0.553. The summed E-state index contributed by atoms with van der Waals surface area (Å²) >= 11 is 0. The third-order valence-electron chi connectivity index (χ3n) is 6.11. The van der Waals surface area contributed by atoms with Gasteiger partial charge in [-0.2, -0.15) is 13.5 Å². The second-order valence-electron chi connectivity index (χ2n) is 9.28. The lowest BCUT2D eigenvalue weighted by atomic mass is 10.0. The van der Waals surface area contributed by atoms with Crippen molar-refractivity contribution in [2.75, 3.05) is 41.3 Å². The van der Waals surface area contributed by atoms with E-state index in [1.54, 1.807) is 33.2 Å². The highest BCUT2D eigenvalue weighted by Crippen LogP contribution is 2.31. The number of rotatable bonds is 6. The second kappa shape index (κ2) is 10.7. The first-order valence-electron chi connectivity index (χ1n) is 11.2. The Labute approximate surface area is 208 Å². The van der Waals surface area contributed by atoms with Crippen molar-refractivity contribution in [3.05, 3.63) is 0 Å². The lowest BCUT2D eigenvalue weighted by molar-refractivity contribution is -0.130. The van der Waals surface area contributed by atoms with Crippen molar-refractivity contribution < 1.29 is 41.6 Å². The van der Waals surface area contributed by atoms with Crippen molar-refractivity contribution in [2.45, 2.75) is 49.9 Å². The van der Waals surface area contributed by atoms with Crippen LogP contribution in [0.1, 0.15) is 25.7 Å². The number of amides is 6. The third kappa shape index (κ3) is 6.13. The fraction of sp³-hybridized carbons (Fsp3) is 0.778. The van der Waals surface area contributed by atoms with Crippen LogP contribution < -0.4 is 10.9 Å². The van der Waals surface area contributed by atoms with Crippen LogP contribution in [0.4, 0.5) is 9.59 Å². The topological polar surface area (TPSA) is 196 Å². The van der Waals surface area contributed by atoms with E-state index in [-0.39, 0.29) is 24.4 Å². The summed E-state index contributed by atoms with van der Waals surface area (Å²) in [6, 6.07) is -3.02. The molecule has 0 unspecified atom stereocenters. The lowest BCUT2D eigenvalue weighted by Crippen LogP contribution is -2.52. The van der Waals surface area contributed by atoms with Crippen LogP contribution in [0, 0.1) is 0 Å². The van der Waals surface area contributed by atoms with Gasteiger partial charge in [0.25, 0.3) is 11.8 Å². The third-order valence-corrected chi connectivity index (χ3v) is 6.46. The van der Waals surface area contributed by atoms with E-state index in [0.29, 0.717) is 37.3 Å². The minimum atomic E-state index is -4.77. The maximum Gasteiger partial charge on any atom is 0.418 e. The smallest absolute Gasteiger partial charge is 0.309 e. The van der Waals surface area contributed by atoms with E-state index in [4.69, 9.17) is 4.55 Å². The Hall–Kier alpha value is -2.77. The number of piperidine rings is 2. The molecule has 4 aliphatic heterocycles. The van der Waals surface area contributed by atoms with Gasteiger partial charge in [0, 0.05) is 41.3 Å². The van der Waals surface area contributed by atoms with Crippen molar-refractivity contribution >= 4 is 34.3 Å². The maximum absolute atomic E-state index is 12.0. The van der Waals surface area contributed by atoms with Crippen molar-refractivity contribution in [2.24, 2.45) is 0 Å². The van der Waals surface area contributed by atoms with Crippen LogP contribution in [0.5, 0.6) is 0 Å². The number of hydrogen-bond donors (Lipinski definition) is 4. The molecule has 4 heterocycles. The van der Waals surface area contributed by atoms with Gasteiger partial charge in [-0.1, -0.05) is 0 Å². The van der Waals surface area contributed by atoms with Crippen molar-refractivity contribution in [1.29, 1.82) is 0 Å². The van der Waals surface area contributed by atoms with Gasteiger partial charge in [-0.3, -0.25) is 30.2 Å². The minimum Gasteiger partial charge on any atom is -0.309 e. The minimum absolute atomic E-state index is 0.157. The highest BCUT2D eigenvalue weighted by molar-refractivity contribution is 7.80. The number of carbonyl (C=O) groups excluding carboxylic acids is 4. The Morgan fingerprint density at radius 3 is 1.78 bits per heavy atom. The molecule has 17 nitrogen and oxygen atoms in total. The molecule has 18 heteroatoms. The number of nitrogens with one attached hydrogen (secondary N) is 2. The first kappa shape index (κ1) is 27.8. The van der Waals surface area contributed by atoms with E-state index >= 15 is 0 Å². The van der Waals surface area contributed by atoms with Gasteiger partial charge >= 0.3 is 22.5 Å². The van der Waals surface area contributed by atoms with Gasteiger partial charge < -0.3 is 9.80 Å². The molecule has 0 aliphatic carbocycles. The average Bonchev–Trinajstić information content (AvgIpc) is 3.12. The molecule has 4 fully saturated rings. The number of hydrazine groups is 2. The van der Waals surface area contributed by atoms with Crippen LogP contribution in [-0.2, 0) is 24.3 Å². The highest BCUT2D eigenvalue weighted by atomic mass is 32.3. The molecule has 0 saturated carbocycles. The van der Waals surface area contributed by atoms with Crippen LogP contribution in [0.2, 0.25) is 0 Å². The largest absolute Gasteiger partial charge is 0.418 e. The zero-order valence-corrected chi connectivity index (χ0v) is 21.2. The van der Waals surface area contributed by atoms with Crippen LogP contribution in [0.15, 0.2) is 0 Å². The molecule has 4 N–H and O–H groups in total. The van der Waals surface area contributed by atoms with Gasteiger partial charge in [0.2, 0.25) is 0 Å². The quantitative estimate of drug-likeness (QED) is 0.164. The predicted octanol–water partition coefficient (Wildman–Crippen LogP) is -2.18. The molecule has 4 saturated heterocycles. The summed E-state index contributed by atoms with van der Waals surface area (Å²) in [6.07, 6.45) is 2.04. The summed E-state index contributed by atoms with van der Waals surface area (Å²) < 4.78 is 34.4. The Morgan fingerprint density at radius 2 is 1.31 bits per heavy atom. The van der Waals surface area contributed by atoms with Gasteiger partial charge in [-0.15, -0.1) is 4.28 Å². The standard InChI is InChI=1S/C9H16N4O6S.C9H16N4O3/c1-11(2)10-8(14)7-4-3-6-5-12(7)9(15)13(6)19-20(16,17)18;1-11(2)10-8(14)7-4-3-6-5-12(7)9(15)13(6)16/h6-7H,3-5H2,1-2H3,(H,10,14)(H,16,17,18);6-7,16H,3-5H2,1-2H3,(H,10,14)/t2*6-,7+/m11/s1. The van der Waals surface area contributed by atoms with E-state index in [1.165, 1.54) is 14.8 Å². The molecule has 4 aliphatic rings. The molecule has 204 valence electrons. The zero-order valence-electron chi connectivity index (χ0n) is 20.4. The summed E-state index contributed by atoms with van der Waals surface area (Å²) in [6.45, 7) is 0.612. The van der Waals surface area contributed by atoms with E-state index < -0.39 is 40.6 Å². The van der Waals surface area contributed by atoms with Gasteiger partial charge in [-0.05, 0) is 25.7 Å². The van der Waals surface area contributed by atoms with Gasteiger partial charge in [0.1, 0.15) is 12.1 Å². The molecule has 0 radical (unpaired) electrons. The van der Waals surface area contributed by atoms with Crippen LogP contribution in [-0.4, -0.2) is 137 Å². The Balaban J connectivity index is 0.000000205. The SMILES string of the molecule is CN(C)NC(=O)[C@@H]1CC[C@@H]2CN1C(=O)N2O.CN(C)NC(=O)[C@@H]1CC[C@@H]2CN1C(=O)N2OS(=O)(=O)O. The average molecular weight is 537 g/mol. The number of fused-ring (bicyclic) bond motifs is 4. The highest BCUT2D eigenvalue weighted by Gasteiger charge is 2.49. The van der Waals surface area contributed by atoms with Crippen LogP contribution in [0.25, 0.3) is 0 Å². The van der Waals surface area contributed by atoms with Gasteiger partial charge in [0.05, 0.1) is 12.1 Å². The zero-order chi connectivity index (χ0) is 26.9. The Bertz CT molecular complexity index is 993. The summed E-state index contributed by atoms with van der Waals surface area (Å²) in [4.78, 5) is 50.0. The van der Waals surface area contributed by atoms with Gasteiger partial charge in [0.15, 0.2) is 0 Å². The van der Waals surface area contributed by atoms with Gasteiger partial charge in [-0.25, -0.2) is 24.7 Å². The molecular formula is C18H32N8O9S. The molecule has 0 aromatic carbocycles. The number of hydrogen-bond acceptors (Lipinski definition) is 10. The fourth-order valence-electron chi connectivity index (χ4n) is 4.62. The molecule has 4 rings (SSSR count). The Kier molecular flexibility index (Phi) is 8.26. The van der Waals surface area contributed by atoms with Crippen molar-refractivity contribution in [3.8, 4) is 0 Å². The molecule has 36 heavy (non-hydrogen) atoms. The molecule has 0 spiro atoms. The second-order valence-corrected chi connectivity index (χ2v) is 10.3. The van der Waals surface area contributed by atoms with Crippen LogP contribution >= 0.6 is 0 Å². The van der Waals surface area contributed by atoms with Crippen molar-refractivity contribution in [3.63, 3.8) is 0 Å². The van der Waals surface area contributed by atoms with E-state index in [2.05, 4.69) is 15.1 Å². The number of carbonyl (C=O) groups is 4. The number of hydroxylamine groups is 4. The monoisotopic (exact) mass is 536 g/mol. The lowest BCUT2D eigenvalue weighted by Gasteiger charge is -2.30. The summed E-state index contributed by atoms with van der Waals surface area (Å²) in [5.41, 5.74) is 5.18. The first-order chi connectivity index (χ1) is 16.7. The Morgan fingerprint density at radius 1 is 0.861 bits per heavy atom. The fourth-order valence-corrected chi connectivity index (χ4v) is 5.01. The number of nitrogens with zero attached hydrogens (tertiary/aromatic N) is 6. The molecule has 4 bridgehead atoms. The predicted molar refractivity (Wildman–Crippen MR) is 120 cm³/mol. The first-order valence-corrected chi connectivity index (χ1v) is 12.6. The molecule has 4 atom stereocenters. The maximum atomic E-state index is 12.0. The summed E-state index contributed by atoms with van der Waals surface area (Å²) in [7, 11) is 1.95. The molecule has 0 aromatic rings.